The molecule has 2 unspecified atom stereocenters. The van der Waals surface area contributed by atoms with Crippen LogP contribution in [0.3, 0.4) is 0 Å². The second-order valence-electron chi connectivity index (χ2n) is 20.7. The first kappa shape index (κ1) is 65.3. The van der Waals surface area contributed by atoms with E-state index in [2.05, 4.69) is 31.3 Å². The maximum absolute atomic E-state index is 12.4. The zero-order valence-corrected chi connectivity index (χ0v) is 45.1. The lowest BCUT2D eigenvalue weighted by Crippen LogP contribution is -2.45. The highest BCUT2D eigenvalue weighted by molar-refractivity contribution is 5.76. The topological polar surface area (TPSA) is 95.9 Å². The number of aliphatic hydroxyl groups excluding tert-OH is 2. The molecule has 0 saturated heterocycles. The predicted molar refractivity (Wildman–Crippen MR) is 292 cm³/mol. The van der Waals surface area contributed by atoms with Gasteiger partial charge in [-0.05, 0) is 57.8 Å². The fourth-order valence-electron chi connectivity index (χ4n) is 9.34. The summed E-state index contributed by atoms with van der Waals surface area (Å²) in [5.41, 5.74) is 0. The number of allylic oxidation sites excluding steroid dienone is 3. The molecule has 0 spiro atoms. The third-order valence-electron chi connectivity index (χ3n) is 14.0. The summed E-state index contributed by atoms with van der Waals surface area (Å²) in [5, 5.41) is 23.0. The van der Waals surface area contributed by atoms with Crippen molar-refractivity contribution in [2.45, 2.75) is 341 Å². The van der Waals surface area contributed by atoms with Crippen LogP contribution in [0.5, 0.6) is 0 Å². The molecule has 0 aromatic carbocycles. The number of hydrogen-bond donors (Lipinski definition) is 3. The fourth-order valence-corrected chi connectivity index (χ4v) is 9.34. The average Bonchev–Trinajstić information content (AvgIpc) is 3.33. The highest BCUT2D eigenvalue weighted by Crippen LogP contribution is 2.17. The van der Waals surface area contributed by atoms with E-state index < -0.39 is 12.1 Å². The second kappa shape index (κ2) is 56.9. The van der Waals surface area contributed by atoms with E-state index in [1.54, 1.807) is 6.08 Å². The van der Waals surface area contributed by atoms with Crippen molar-refractivity contribution in [1.29, 1.82) is 0 Å². The van der Waals surface area contributed by atoms with E-state index in [-0.39, 0.29) is 18.5 Å². The van der Waals surface area contributed by atoms with E-state index in [0.717, 1.165) is 38.5 Å². The molecule has 3 N–H and O–H groups in total. The highest BCUT2D eigenvalue weighted by atomic mass is 16.5. The number of nitrogens with one attached hydrogen (secondary N) is 1. The van der Waals surface area contributed by atoms with Crippen molar-refractivity contribution in [2.24, 2.45) is 0 Å². The molecular formula is C61H117NO5. The van der Waals surface area contributed by atoms with Crippen LogP contribution in [0.25, 0.3) is 0 Å². The number of unbranched alkanes of at least 4 members (excludes halogenated alkanes) is 43. The summed E-state index contributed by atoms with van der Waals surface area (Å²) >= 11 is 0. The molecule has 1 amide bonds. The number of rotatable bonds is 56. The van der Waals surface area contributed by atoms with Crippen molar-refractivity contribution in [3.63, 3.8) is 0 Å². The molecule has 67 heavy (non-hydrogen) atoms. The van der Waals surface area contributed by atoms with Crippen LogP contribution < -0.4 is 5.32 Å². The minimum Gasteiger partial charge on any atom is -0.466 e. The smallest absolute Gasteiger partial charge is 0.305 e. The van der Waals surface area contributed by atoms with Gasteiger partial charge in [0.25, 0.3) is 0 Å². The van der Waals surface area contributed by atoms with Gasteiger partial charge in [-0.3, -0.25) is 9.59 Å². The zero-order chi connectivity index (χ0) is 48.6. The first-order valence-electron chi connectivity index (χ1n) is 30.1. The quantitative estimate of drug-likeness (QED) is 0.0321. The fraction of sp³-hybridized carbons (Fsp3) is 0.902. The van der Waals surface area contributed by atoms with Crippen molar-refractivity contribution in [1.82, 2.24) is 5.32 Å². The number of aliphatic hydroxyl groups is 2. The molecule has 0 fully saturated rings. The normalized spacial score (nSPS) is 12.7. The molecule has 0 aliphatic heterocycles. The van der Waals surface area contributed by atoms with Crippen LogP contribution in [0.1, 0.15) is 328 Å². The first-order chi connectivity index (χ1) is 33.0. The Morgan fingerprint density at radius 2 is 0.701 bits per heavy atom. The SMILES string of the molecule is CCCCCCCCCC/C=C/C(O)C(CO)NC(=O)CCCCCCCCCCCC/C=C\CCCCCCCCCCCCCCOC(=O)CCCCCCCCCCCCCCCC. The van der Waals surface area contributed by atoms with Gasteiger partial charge in [-0.2, -0.15) is 0 Å². The van der Waals surface area contributed by atoms with Crippen molar-refractivity contribution in [3.05, 3.63) is 24.3 Å². The molecule has 0 aliphatic rings. The van der Waals surface area contributed by atoms with Crippen LogP contribution in [0.2, 0.25) is 0 Å². The molecule has 2 atom stereocenters. The number of esters is 1. The van der Waals surface area contributed by atoms with E-state index in [1.807, 2.05) is 6.08 Å². The maximum Gasteiger partial charge on any atom is 0.305 e. The third kappa shape index (κ3) is 53.5. The molecule has 0 aromatic rings. The van der Waals surface area contributed by atoms with Gasteiger partial charge in [0.1, 0.15) is 0 Å². The summed E-state index contributed by atoms with van der Waals surface area (Å²) in [4.78, 5) is 24.4. The van der Waals surface area contributed by atoms with E-state index in [0.29, 0.717) is 19.4 Å². The van der Waals surface area contributed by atoms with Gasteiger partial charge in [0, 0.05) is 12.8 Å². The lowest BCUT2D eigenvalue weighted by Gasteiger charge is -2.20. The van der Waals surface area contributed by atoms with Crippen LogP contribution in [0, 0.1) is 0 Å². The van der Waals surface area contributed by atoms with Gasteiger partial charge in [-0.1, -0.05) is 282 Å². The molecule has 6 nitrogen and oxygen atoms in total. The summed E-state index contributed by atoms with van der Waals surface area (Å²) in [7, 11) is 0. The van der Waals surface area contributed by atoms with Gasteiger partial charge in [0.05, 0.1) is 25.4 Å². The number of amides is 1. The molecule has 396 valence electrons. The first-order valence-corrected chi connectivity index (χ1v) is 30.1. The van der Waals surface area contributed by atoms with Crippen LogP contribution in [-0.2, 0) is 14.3 Å². The van der Waals surface area contributed by atoms with Gasteiger partial charge in [0.15, 0.2) is 0 Å². The molecule has 0 rings (SSSR count). The number of ether oxygens (including phenoxy) is 1. The summed E-state index contributed by atoms with van der Waals surface area (Å²) in [6.07, 6.45) is 69.4. The molecule has 0 aliphatic carbocycles. The minimum absolute atomic E-state index is 0.0162. The van der Waals surface area contributed by atoms with Crippen LogP contribution >= 0.6 is 0 Å². The molecule has 0 bridgehead atoms. The zero-order valence-electron chi connectivity index (χ0n) is 45.1. The Labute approximate surface area is 418 Å². The van der Waals surface area contributed by atoms with Crippen molar-refractivity contribution >= 4 is 11.9 Å². The second-order valence-corrected chi connectivity index (χ2v) is 20.7. The number of carbonyl (C=O) groups is 2. The van der Waals surface area contributed by atoms with Crippen molar-refractivity contribution in [3.8, 4) is 0 Å². The Morgan fingerprint density at radius 3 is 1.06 bits per heavy atom. The summed E-state index contributed by atoms with van der Waals surface area (Å²) < 4.78 is 5.48. The Bertz CT molecular complexity index is 1040. The Hall–Kier alpha value is -1.66. The average molecular weight is 945 g/mol. The van der Waals surface area contributed by atoms with Gasteiger partial charge < -0.3 is 20.3 Å². The highest BCUT2D eigenvalue weighted by Gasteiger charge is 2.18. The van der Waals surface area contributed by atoms with Crippen molar-refractivity contribution in [2.75, 3.05) is 13.2 Å². The Morgan fingerprint density at radius 1 is 0.403 bits per heavy atom. The third-order valence-corrected chi connectivity index (χ3v) is 14.0. The standard InChI is InChI=1S/C61H117NO5/c1-3-5-7-9-11-13-15-16-32-35-39-43-47-51-55-61(66)67-56-52-48-44-40-36-33-30-28-26-24-22-20-18-17-19-21-23-25-27-29-31-34-38-42-46-50-54-60(65)62-58(57-63)59(64)53-49-45-41-37-14-12-10-8-6-4-2/h17,19,49,53,58-59,63-64H,3-16,18,20-48,50-52,54-57H2,1-2H3,(H,62,65)/b19-17-,53-49+. The summed E-state index contributed by atoms with van der Waals surface area (Å²) in [6, 6.07) is -0.627. The maximum atomic E-state index is 12.4. The molecule has 0 heterocycles. The predicted octanol–water partition coefficient (Wildman–Crippen LogP) is 18.6. The van der Waals surface area contributed by atoms with Gasteiger partial charge in [-0.25, -0.2) is 0 Å². The molecule has 0 saturated carbocycles. The number of hydrogen-bond acceptors (Lipinski definition) is 5. The monoisotopic (exact) mass is 944 g/mol. The van der Waals surface area contributed by atoms with E-state index in [1.165, 1.54) is 263 Å². The molecular weight excluding hydrogens is 827 g/mol. The summed E-state index contributed by atoms with van der Waals surface area (Å²) in [6.45, 7) is 4.90. The van der Waals surface area contributed by atoms with E-state index in [4.69, 9.17) is 4.74 Å². The van der Waals surface area contributed by atoms with Crippen LogP contribution in [0.4, 0.5) is 0 Å². The Kier molecular flexibility index (Phi) is 55.5. The lowest BCUT2D eigenvalue weighted by molar-refractivity contribution is -0.143. The van der Waals surface area contributed by atoms with E-state index >= 15 is 0 Å². The molecule has 0 aromatic heterocycles. The largest absolute Gasteiger partial charge is 0.466 e. The van der Waals surface area contributed by atoms with Crippen LogP contribution in [0.15, 0.2) is 24.3 Å². The summed E-state index contributed by atoms with van der Waals surface area (Å²) in [5.74, 6) is -0.0549. The number of carbonyl (C=O) groups excluding carboxylic acids is 2. The van der Waals surface area contributed by atoms with Gasteiger partial charge >= 0.3 is 5.97 Å². The minimum atomic E-state index is -0.843. The van der Waals surface area contributed by atoms with Crippen molar-refractivity contribution < 1.29 is 24.5 Å². The Balaban J connectivity index is 3.37. The van der Waals surface area contributed by atoms with Gasteiger partial charge in [-0.15, -0.1) is 0 Å². The lowest BCUT2D eigenvalue weighted by atomic mass is 10.0. The molecule has 6 heteroatoms. The van der Waals surface area contributed by atoms with E-state index in [9.17, 15) is 19.8 Å². The van der Waals surface area contributed by atoms with Gasteiger partial charge in [0.2, 0.25) is 5.91 Å². The molecule has 0 radical (unpaired) electrons. The van der Waals surface area contributed by atoms with Crippen LogP contribution in [-0.4, -0.2) is 47.4 Å².